The van der Waals surface area contributed by atoms with Gasteiger partial charge in [0.05, 0.1) is 0 Å². The monoisotopic (exact) mass is 316 g/mol. The van der Waals surface area contributed by atoms with Crippen molar-refractivity contribution >= 4 is 29.2 Å². The van der Waals surface area contributed by atoms with Crippen LogP contribution in [0.25, 0.3) is 8.79 Å². The van der Waals surface area contributed by atoms with Crippen LogP contribution >= 0.6 is 0 Å². The van der Waals surface area contributed by atoms with Crippen molar-refractivity contribution in [1.82, 2.24) is 0 Å². The topological polar surface area (TPSA) is 17.1 Å². The predicted octanol–water partition coefficient (Wildman–Crippen LogP) is 2.55. The summed E-state index contributed by atoms with van der Waals surface area (Å²) in [4.78, 5) is 11.9. The first-order chi connectivity index (χ1) is 6.98. The molecule has 0 radical (unpaired) electrons. The second-order valence-corrected chi connectivity index (χ2v) is 7.81. The molecule has 0 saturated carbocycles. The van der Waals surface area contributed by atoms with Gasteiger partial charge in [-0.3, -0.25) is 0 Å². The average molecular weight is 314 g/mol. The van der Waals surface area contributed by atoms with Crippen LogP contribution in [-0.4, -0.2) is 20.4 Å². The van der Waals surface area contributed by atoms with Gasteiger partial charge >= 0.3 is 99.5 Å². The Kier molecular flexibility index (Phi) is 2.75. The molecule has 0 fully saturated rings. The van der Waals surface area contributed by atoms with E-state index in [0.717, 1.165) is 5.39 Å². The van der Waals surface area contributed by atoms with Gasteiger partial charge in [-0.25, -0.2) is 0 Å². The summed E-state index contributed by atoms with van der Waals surface area (Å²) in [6, 6.07) is 9.89. The van der Waals surface area contributed by atoms with Gasteiger partial charge in [-0.1, -0.05) is 0 Å². The maximum absolute atomic E-state index is 11.9. The fraction of sp³-hybridized carbons (Fsp3) is 0.308. The molecule has 0 unspecified atom stereocenters. The molecule has 0 spiro atoms. The van der Waals surface area contributed by atoms with Crippen LogP contribution in [0, 0.1) is 0 Å². The molecule has 2 aromatic rings. The van der Waals surface area contributed by atoms with E-state index in [1.54, 1.807) is 0 Å². The fourth-order valence-electron chi connectivity index (χ4n) is 1.47. The van der Waals surface area contributed by atoms with E-state index in [9.17, 15) is 4.79 Å². The predicted molar refractivity (Wildman–Crippen MR) is 65.9 cm³/mol. The van der Waals surface area contributed by atoms with E-state index >= 15 is 0 Å². The van der Waals surface area contributed by atoms with Gasteiger partial charge < -0.3 is 0 Å². The molecule has 0 atom stereocenters. The summed E-state index contributed by atoms with van der Waals surface area (Å²) in [6.45, 7) is 6.56. The normalized spacial score (nSPS) is 11.9. The molecular weight excluding hydrogens is 300 g/mol. The zero-order chi connectivity index (χ0) is 11.1. The molecule has 0 aliphatic carbocycles. The Morgan fingerprint density at radius 2 is 1.80 bits per heavy atom. The van der Waals surface area contributed by atoms with E-state index in [0.29, 0.717) is 0 Å². The molecule has 1 aromatic heterocycles. The van der Waals surface area contributed by atoms with Gasteiger partial charge in [0.2, 0.25) is 0 Å². The third-order valence-corrected chi connectivity index (χ3v) is 6.73. The Hall–Kier alpha value is -0.580. The molecule has 0 N–H and O–H groups in total. The van der Waals surface area contributed by atoms with Crippen molar-refractivity contribution in [3.63, 3.8) is 0 Å². The summed E-state index contributed by atoms with van der Waals surface area (Å²) in [5.41, 5.74) is 0.331. The van der Waals surface area contributed by atoms with Crippen molar-refractivity contribution in [1.29, 1.82) is 0 Å². The molecule has 2 heteroatoms. The Labute approximate surface area is 99.4 Å². The van der Waals surface area contributed by atoms with E-state index in [4.69, 9.17) is 0 Å². The maximum atomic E-state index is 11.9. The standard InChI is InChI=1S/C13H14OTe/c1-13(2,3)12-8-10(14)9-6-4-5-7-11(9)15-12/h4-8H,1-3H3. The first kappa shape index (κ1) is 10.9. The van der Waals surface area contributed by atoms with Crippen molar-refractivity contribution in [2.45, 2.75) is 26.2 Å². The zero-order valence-corrected chi connectivity index (χ0v) is 11.5. The Morgan fingerprint density at radius 1 is 1.13 bits per heavy atom. The van der Waals surface area contributed by atoms with Crippen molar-refractivity contribution in [2.24, 2.45) is 0 Å². The average Bonchev–Trinajstić information content (AvgIpc) is 2.16. The molecule has 0 aliphatic rings. The molecule has 1 heterocycles. The van der Waals surface area contributed by atoms with Crippen molar-refractivity contribution in [3.8, 4) is 0 Å². The molecule has 1 nitrogen and oxygen atoms in total. The van der Waals surface area contributed by atoms with E-state index in [-0.39, 0.29) is 31.3 Å². The van der Waals surface area contributed by atoms with Gasteiger partial charge in [0.25, 0.3) is 0 Å². The number of hydrogen-bond donors (Lipinski definition) is 0. The molecule has 78 valence electrons. The van der Waals surface area contributed by atoms with Crippen LogP contribution in [0.4, 0.5) is 0 Å². The van der Waals surface area contributed by atoms with Gasteiger partial charge in [-0.05, 0) is 0 Å². The molecular formula is C13H14OTe. The van der Waals surface area contributed by atoms with Gasteiger partial charge in [0.15, 0.2) is 0 Å². The number of hydrogen-bond acceptors (Lipinski definition) is 1. The quantitative estimate of drug-likeness (QED) is 0.683. The van der Waals surface area contributed by atoms with Crippen molar-refractivity contribution < 1.29 is 0 Å². The first-order valence-electron chi connectivity index (χ1n) is 5.02. The molecule has 0 aliphatic heterocycles. The summed E-state index contributed by atoms with van der Waals surface area (Å²) in [7, 11) is 0. The summed E-state index contributed by atoms with van der Waals surface area (Å²) < 4.78 is 2.65. The van der Waals surface area contributed by atoms with Crippen LogP contribution in [-0.2, 0) is 5.41 Å². The Balaban J connectivity index is 2.79. The van der Waals surface area contributed by atoms with Crippen molar-refractivity contribution in [3.05, 3.63) is 44.1 Å². The molecule has 15 heavy (non-hydrogen) atoms. The number of benzene rings is 1. The van der Waals surface area contributed by atoms with Crippen LogP contribution < -0.4 is 5.43 Å². The van der Waals surface area contributed by atoms with Crippen LogP contribution in [0.3, 0.4) is 0 Å². The second kappa shape index (κ2) is 3.77. The van der Waals surface area contributed by atoms with Crippen LogP contribution in [0.15, 0.2) is 35.1 Å². The third-order valence-electron chi connectivity index (χ3n) is 2.37. The summed E-state index contributed by atoms with van der Waals surface area (Å²) >= 11 is -0.340. The summed E-state index contributed by atoms with van der Waals surface area (Å²) in [5.74, 6) is 0. The van der Waals surface area contributed by atoms with Crippen LogP contribution in [0.5, 0.6) is 0 Å². The van der Waals surface area contributed by atoms with E-state index in [2.05, 4.69) is 26.8 Å². The SMILES string of the molecule is CC(C)(C)c1cc(=O)c2ccccc2[te]1. The fourth-order valence-corrected chi connectivity index (χ4v) is 4.71. The number of rotatable bonds is 0. The minimum atomic E-state index is -0.340. The first-order valence-corrected chi connectivity index (χ1v) is 7.35. The summed E-state index contributed by atoms with van der Waals surface area (Å²) in [5, 5.41) is 0.924. The number of fused-ring (bicyclic) bond motifs is 1. The molecule has 1 aromatic carbocycles. The van der Waals surface area contributed by atoms with Crippen molar-refractivity contribution in [2.75, 3.05) is 0 Å². The summed E-state index contributed by atoms with van der Waals surface area (Å²) in [6.07, 6.45) is 0. The van der Waals surface area contributed by atoms with E-state index < -0.39 is 0 Å². The van der Waals surface area contributed by atoms with E-state index in [1.165, 1.54) is 6.98 Å². The second-order valence-electron chi connectivity index (χ2n) is 4.72. The minimum absolute atomic E-state index is 0.144. The third kappa shape index (κ3) is 2.17. The van der Waals surface area contributed by atoms with E-state index in [1.807, 2.05) is 24.3 Å². The molecule has 0 bridgehead atoms. The molecule has 0 amide bonds. The van der Waals surface area contributed by atoms with Gasteiger partial charge in [0.1, 0.15) is 0 Å². The molecule has 2 rings (SSSR count). The van der Waals surface area contributed by atoms with Crippen LogP contribution in [0.1, 0.15) is 24.4 Å². The van der Waals surface area contributed by atoms with Gasteiger partial charge in [0, 0.05) is 0 Å². The van der Waals surface area contributed by atoms with Gasteiger partial charge in [-0.15, -0.1) is 0 Å². The van der Waals surface area contributed by atoms with Gasteiger partial charge in [-0.2, -0.15) is 0 Å². The Bertz CT molecular complexity index is 546. The van der Waals surface area contributed by atoms with Crippen LogP contribution in [0.2, 0.25) is 0 Å². The zero-order valence-electron chi connectivity index (χ0n) is 9.20. The molecule has 0 saturated heterocycles. The Morgan fingerprint density at radius 3 is 2.47 bits per heavy atom.